The molecule has 19 heavy (non-hydrogen) atoms. The van der Waals surface area contributed by atoms with E-state index >= 15 is 0 Å². The highest BCUT2D eigenvalue weighted by atomic mass is 16.5. The van der Waals surface area contributed by atoms with Crippen LogP contribution < -0.4 is 5.32 Å². The molecular formula is C17H27NO. The Bertz CT molecular complexity index is 387. The van der Waals surface area contributed by atoms with Crippen LogP contribution in [-0.4, -0.2) is 19.2 Å². The van der Waals surface area contributed by atoms with Crippen LogP contribution in [0.2, 0.25) is 0 Å². The average Bonchev–Trinajstić information content (AvgIpc) is 2.47. The highest BCUT2D eigenvalue weighted by Gasteiger charge is 2.32. The predicted octanol–water partition coefficient (Wildman–Crippen LogP) is 3.71. The number of nitrogens with one attached hydrogen (secondary N) is 1. The summed E-state index contributed by atoms with van der Waals surface area (Å²) in [5.74, 6) is 0.677. The number of benzene rings is 1. The number of likely N-dealkylation sites (N-methyl/N-ethyl adjacent to an activating group) is 1. The first-order chi connectivity index (χ1) is 9.31. The summed E-state index contributed by atoms with van der Waals surface area (Å²) in [4.78, 5) is 0. The molecule has 2 unspecified atom stereocenters. The van der Waals surface area contributed by atoms with Crippen LogP contribution in [0.15, 0.2) is 24.3 Å². The molecule has 1 heterocycles. The van der Waals surface area contributed by atoms with E-state index in [1.807, 2.05) is 0 Å². The molecule has 1 aliphatic rings. The molecule has 0 radical (unpaired) electrons. The Hall–Kier alpha value is -0.860. The molecule has 2 rings (SSSR count). The third-order valence-corrected chi connectivity index (χ3v) is 4.35. The van der Waals surface area contributed by atoms with E-state index in [4.69, 9.17) is 4.74 Å². The molecule has 0 aliphatic carbocycles. The normalized spacial score (nSPS) is 20.3. The van der Waals surface area contributed by atoms with Gasteiger partial charge in [0.2, 0.25) is 0 Å². The fourth-order valence-corrected chi connectivity index (χ4v) is 3.28. The van der Waals surface area contributed by atoms with Crippen LogP contribution in [0.4, 0.5) is 0 Å². The van der Waals surface area contributed by atoms with E-state index in [1.165, 1.54) is 24.0 Å². The fourth-order valence-electron chi connectivity index (χ4n) is 3.28. The summed E-state index contributed by atoms with van der Waals surface area (Å²) in [5.41, 5.74) is 2.86. The molecule has 1 aromatic rings. The lowest BCUT2D eigenvalue weighted by molar-refractivity contribution is -0.00116. The Balaban J connectivity index is 2.27. The Morgan fingerprint density at radius 1 is 1.21 bits per heavy atom. The second kappa shape index (κ2) is 7.06. The highest BCUT2D eigenvalue weighted by molar-refractivity contribution is 5.32. The van der Waals surface area contributed by atoms with E-state index in [2.05, 4.69) is 50.4 Å². The molecule has 0 saturated carbocycles. The SMILES string of the molecule is CCNC(C(CC)CC)C1OCCc2ccccc21. The van der Waals surface area contributed by atoms with Crippen molar-refractivity contribution in [3.8, 4) is 0 Å². The summed E-state index contributed by atoms with van der Waals surface area (Å²) in [6, 6.07) is 9.20. The van der Waals surface area contributed by atoms with E-state index in [-0.39, 0.29) is 6.10 Å². The van der Waals surface area contributed by atoms with Crippen molar-refractivity contribution < 1.29 is 4.74 Å². The second-order valence-electron chi connectivity index (χ2n) is 5.40. The van der Waals surface area contributed by atoms with Gasteiger partial charge in [0.1, 0.15) is 0 Å². The maximum absolute atomic E-state index is 6.14. The summed E-state index contributed by atoms with van der Waals surface area (Å²) in [6.45, 7) is 8.61. The number of hydrogen-bond acceptors (Lipinski definition) is 2. The largest absolute Gasteiger partial charge is 0.372 e. The van der Waals surface area contributed by atoms with E-state index in [0.29, 0.717) is 12.0 Å². The molecule has 0 bridgehead atoms. The Morgan fingerprint density at radius 3 is 2.63 bits per heavy atom. The molecule has 2 atom stereocenters. The van der Waals surface area contributed by atoms with Gasteiger partial charge < -0.3 is 10.1 Å². The van der Waals surface area contributed by atoms with Gasteiger partial charge in [-0.1, -0.05) is 57.9 Å². The van der Waals surface area contributed by atoms with Crippen molar-refractivity contribution >= 4 is 0 Å². The van der Waals surface area contributed by atoms with Gasteiger partial charge in [0.25, 0.3) is 0 Å². The van der Waals surface area contributed by atoms with Crippen molar-refractivity contribution in [2.45, 2.75) is 52.2 Å². The molecule has 1 aliphatic heterocycles. The van der Waals surface area contributed by atoms with Crippen LogP contribution in [0.25, 0.3) is 0 Å². The minimum absolute atomic E-state index is 0.217. The highest BCUT2D eigenvalue weighted by Crippen LogP contribution is 2.34. The van der Waals surface area contributed by atoms with Gasteiger partial charge in [-0.2, -0.15) is 0 Å². The van der Waals surface area contributed by atoms with Crippen molar-refractivity contribution in [2.24, 2.45) is 5.92 Å². The Kier molecular flexibility index (Phi) is 5.41. The first kappa shape index (κ1) is 14.5. The summed E-state index contributed by atoms with van der Waals surface area (Å²) >= 11 is 0. The number of rotatable bonds is 6. The quantitative estimate of drug-likeness (QED) is 0.843. The molecule has 1 N–H and O–H groups in total. The smallest absolute Gasteiger partial charge is 0.0983 e. The maximum atomic E-state index is 6.14. The van der Waals surface area contributed by atoms with Crippen LogP contribution in [-0.2, 0) is 11.2 Å². The van der Waals surface area contributed by atoms with Gasteiger partial charge >= 0.3 is 0 Å². The number of fused-ring (bicyclic) bond motifs is 1. The van der Waals surface area contributed by atoms with Gasteiger partial charge in [0, 0.05) is 6.04 Å². The van der Waals surface area contributed by atoms with Crippen molar-refractivity contribution in [2.75, 3.05) is 13.2 Å². The van der Waals surface area contributed by atoms with Gasteiger partial charge in [-0.25, -0.2) is 0 Å². The van der Waals surface area contributed by atoms with Crippen LogP contribution in [0.1, 0.15) is 50.8 Å². The summed E-state index contributed by atoms with van der Waals surface area (Å²) in [7, 11) is 0. The molecule has 1 aromatic carbocycles. The summed E-state index contributed by atoms with van der Waals surface area (Å²) < 4.78 is 6.14. The van der Waals surface area contributed by atoms with Crippen LogP contribution in [0, 0.1) is 5.92 Å². The number of ether oxygens (including phenoxy) is 1. The molecule has 0 saturated heterocycles. The Morgan fingerprint density at radius 2 is 1.95 bits per heavy atom. The maximum Gasteiger partial charge on any atom is 0.0983 e. The van der Waals surface area contributed by atoms with Crippen LogP contribution in [0.3, 0.4) is 0 Å². The molecule has 2 nitrogen and oxygen atoms in total. The van der Waals surface area contributed by atoms with Gasteiger partial charge in [-0.05, 0) is 30.0 Å². The minimum atomic E-state index is 0.217. The lowest BCUT2D eigenvalue weighted by atomic mass is 9.84. The van der Waals surface area contributed by atoms with Crippen molar-refractivity contribution in [1.29, 1.82) is 0 Å². The van der Waals surface area contributed by atoms with Gasteiger partial charge in [0.15, 0.2) is 0 Å². The van der Waals surface area contributed by atoms with E-state index in [0.717, 1.165) is 19.6 Å². The summed E-state index contributed by atoms with van der Waals surface area (Å²) in [6.07, 6.45) is 3.68. The van der Waals surface area contributed by atoms with Crippen LogP contribution >= 0.6 is 0 Å². The van der Waals surface area contributed by atoms with E-state index in [9.17, 15) is 0 Å². The molecule has 0 fully saturated rings. The average molecular weight is 261 g/mol. The van der Waals surface area contributed by atoms with E-state index < -0.39 is 0 Å². The summed E-state index contributed by atoms with van der Waals surface area (Å²) in [5, 5.41) is 3.67. The molecule has 0 spiro atoms. The number of hydrogen-bond donors (Lipinski definition) is 1. The third kappa shape index (κ3) is 3.18. The Labute approximate surface area is 117 Å². The topological polar surface area (TPSA) is 21.3 Å². The van der Waals surface area contributed by atoms with Crippen molar-refractivity contribution in [3.05, 3.63) is 35.4 Å². The van der Waals surface area contributed by atoms with Crippen molar-refractivity contribution in [3.63, 3.8) is 0 Å². The standard InChI is InChI=1S/C17H27NO/c1-4-13(5-2)16(18-6-3)17-15-10-8-7-9-14(15)11-12-19-17/h7-10,13,16-18H,4-6,11-12H2,1-3H3. The molecule has 106 valence electrons. The predicted molar refractivity (Wildman–Crippen MR) is 80.4 cm³/mol. The fraction of sp³-hybridized carbons (Fsp3) is 0.647. The van der Waals surface area contributed by atoms with Crippen molar-refractivity contribution in [1.82, 2.24) is 5.32 Å². The van der Waals surface area contributed by atoms with E-state index in [1.54, 1.807) is 0 Å². The van der Waals surface area contributed by atoms with Gasteiger partial charge in [-0.15, -0.1) is 0 Å². The zero-order valence-corrected chi connectivity index (χ0v) is 12.5. The minimum Gasteiger partial charge on any atom is -0.372 e. The molecule has 0 aromatic heterocycles. The monoisotopic (exact) mass is 261 g/mol. The van der Waals surface area contributed by atoms with Gasteiger partial charge in [-0.3, -0.25) is 0 Å². The van der Waals surface area contributed by atoms with Crippen LogP contribution in [0.5, 0.6) is 0 Å². The lowest BCUT2D eigenvalue weighted by Gasteiger charge is -2.37. The van der Waals surface area contributed by atoms with Gasteiger partial charge in [0.05, 0.1) is 12.7 Å². The third-order valence-electron chi connectivity index (χ3n) is 4.35. The first-order valence-electron chi connectivity index (χ1n) is 7.74. The molecule has 0 amide bonds. The molecular weight excluding hydrogens is 234 g/mol. The zero-order chi connectivity index (χ0) is 13.7. The first-order valence-corrected chi connectivity index (χ1v) is 7.74. The zero-order valence-electron chi connectivity index (χ0n) is 12.5. The lowest BCUT2D eigenvalue weighted by Crippen LogP contribution is -2.43. The molecule has 2 heteroatoms. The second-order valence-corrected chi connectivity index (χ2v) is 5.40.